The number of hydrogen-bond acceptors (Lipinski definition) is 3. The first-order chi connectivity index (χ1) is 12.0. The SMILES string of the molecule is CC(C)[C@H](C)N1Cc2cccc(NC(=O)N[C@@H]3CCCC[C@H]3O)c2C1. The molecule has 0 bridgehead atoms. The van der Waals surface area contributed by atoms with Crippen LogP contribution >= 0.6 is 0 Å². The predicted molar refractivity (Wildman–Crippen MR) is 100 cm³/mol. The fourth-order valence-corrected chi connectivity index (χ4v) is 3.88. The number of aliphatic hydroxyl groups is 1. The molecular formula is C20H31N3O2. The number of aliphatic hydroxyl groups excluding tert-OH is 1. The smallest absolute Gasteiger partial charge is 0.319 e. The summed E-state index contributed by atoms with van der Waals surface area (Å²) in [4.78, 5) is 14.9. The van der Waals surface area contributed by atoms with Crippen molar-refractivity contribution in [1.29, 1.82) is 0 Å². The predicted octanol–water partition coefficient (Wildman–Crippen LogP) is 3.47. The van der Waals surface area contributed by atoms with Gasteiger partial charge >= 0.3 is 6.03 Å². The second-order valence-electron chi connectivity index (χ2n) is 7.89. The van der Waals surface area contributed by atoms with Crippen molar-refractivity contribution in [2.75, 3.05) is 5.32 Å². The van der Waals surface area contributed by atoms with Gasteiger partial charge in [-0.1, -0.05) is 38.8 Å². The molecule has 0 spiro atoms. The van der Waals surface area contributed by atoms with Crippen molar-refractivity contribution in [2.45, 2.75) is 77.7 Å². The van der Waals surface area contributed by atoms with Gasteiger partial charge in [0.2, 0.25) is 0 Å². The van der Waals surface area contributed by atoms with Gasteiger partial charge < -0.3 is 15.7 Å². The first kappa shape index (κ1) is 18.2. The Balaban J connectivity index is 1.65. The lowest BCUT2D eigenvalue weighted by Crippen LogP contribution is -2.46. The molecule has 25 heavy (non-hydrogen) atoms. The van der Waals surface area contributed by atoms with E-state index in [0.29, 0.717) is 12.0 Å². The molecule has 3 N–H and O–H groups in total. The number of urea groups is 1. The molecule has 1 heterocycles. The fourth-order valence-electron chi connectivity index (χ4n) is 3.88. The molecule has 1 fully saturated rings. The number of benzene rings is 1. The molecule has 2 amide bonds. The van der Waals surface area contributed by atoms with E-state index in [-0.39, 0.29) is 12.1 Å². The van der Waals surface area contributed by atoms with Crippen molar-refractivity contribution in [3.63, 3.8) is 0 Å². The monoisotopic (exact) mass is 345 g/mol. The minimum atomic E-state index is -0.427. The highest BCUT2D eigenvalue weighted by molar-refractivity contribution is 5.90. The molecule has 1 aliphatic heterocycles. The lowest BCUT2D eigenvalue weighted by molar-refractivity contribution is 0.0955. The largest absolute Gasteiger partial charge is 0.391 e. The van der Waals surface area contributed by atoms with Gasteiger partial charge in [0, 0.05) is 24.8 Å². The lowest BCUT2D eigenvalue weighted by Gasteiger charge is -2.28. The summed E-state index contributed by atoms with van der Waals surface area (Å²) in [6.07, 6.45) is 3.29. The minimum Gasteiger partial charge on any atom is -0.391 e. The average Bonchev–Trinajstić information content (AvgIpc) is 3.01. The van der Waals surface area contributed by atoms with Gasteiger partial charge in [0.1, 0.15) is 0 Å². The Morgan fingerprint density at radius 3 is 2.68 bits per heavy atom. The second-order valence-corrected chi connectivity index (χ2v) is 7.89. The fraction of sp³-hybridized carbons (Fsp3) is 0.650. The van der Waals surface area contributed by atoms with E-state index in [1.807, 2.05) is 12.1 Å². The van der Waals surface area contributed by atoms with Gasteiger partial charge in [-0.05, 0) is 42.9 Å². The van der Waals surface area contributed by atoms with E-state index in [1.54, 1.807) is 0 Å². The first-order valence-electron chi connectivity index (χ1n) is 9.56. The van der Waals surface area contributed by atoms with Gasteiger partial charge in [-0.25, -0.2) is 4.79 Å². The van der Waals surface area contributed by atoms with E-state index in [4.69, 9.17) is 0 Å². The highest BCUT2D eigenvalue weighted by atomic mass is 16.3. The van der Waals surface area contributed by atoms with Crippen LogP contribution in [0.2, 0.25) is 0 Å². The number of carbonyl (C=O) groups excluding carboxylic acids is 1. The van der Waals surface area contributed by atoms with Crippen LogP contribution in [-0.2, 0) is 13.1 Å². The van der Waals surface area contributed by atoms with E-state index < -0.39 is 6.10 Å². The highest BCUT2D eigenvalue weighted by Crippen LogP contribution is 2.32. The highest BCUT2D eigenvalue weighted by Gasteiger charge is 2.28. The molecule has 0 radical (unpaired) electrons. The summed E-state index contributed by atoms with van der Waals surface area (Å²) in [6, 6.07) is 6.28. The molecule has 1 aromatic rings. The van der Waals surface area contributed by atoms with Crippen molar-refractivity contribution in [1.82, 2.24) is 10.2 Å². The standard InChI is InChI=1S/C20H31N3O2/c1-13(2)14(3)23-11-15-7-6-9-17(16(15)12-23)21-20(25)22-18-8-4-5-10-19(18)24/h6-7,9,13-14,18-19,24H,4-5,8,10-12H2,1-3H3,(H2,21,22,25)/t14-,18+,19+/m0/s1. The number of rotatable bonds is 4. The first-order valence-corrected chi connectivity index (χ1v) is 9.56. The van der Waals surface area contributed by atoms with Gasteiger partial charge in [-0.3, -0.25) is 4.90 Å². The molecule has 0 aromatic heterocycles. The Labute approximate surface area is 150 Å². The number of nitrogens with one attached hydrogen (secondary N) is 2. The maximum Gasteiger partial charge on any atom is 0.319 e. The summed E-state index contributed by atoms with van der Waals surface area (Å²) in [5.74, 6) is 0.599. The van der Waals surface area contributed by atoms with Crippen LogP contribution in [0.4, 0.5) is 10.5 Å². The van der Waals surface area contributed by atoms with E-state index in [2.05, 4.69) is 42.4 Å². The molecule has 3 atom stereocenters. The number of amides is 2. The third-order valence-corrected chi connectivity index (χ3v) is 5.84. The summed E-state index contributed by atoms with van der Waals surface area (Å²) in [7, 11) is 0. The van der Waals surface area contributed by atoms with Crippen molar-refractivity contribution in [3.8, 4) is 0 Å². The van der Waals surface area contributed by atoms with Crippen molar-refractivity contribution >= 4 is 11.7 Å². The zero-order valence-corrected chi connectivity index (χ0v) is 15.6. The van der Waals surface area contributed by atoms with Crippen LogP contribution in [0.5, 0.6) is 0 Å². The van der Waals surface area contributed by atoms with Crippen LogP contribution in [0.15, 0.2) is 18.2 Å². The second kappa shape index (κ2) is 7.75. The summed E-state index contributed by atoms with van der Waals surface area (Å²) in [5.41, 5.74) is 3.40. The van der Waals surface area contributed by atoms with Gasteiger partial charge in [0.05, 0.1) is 12.1 Å². The maximum absolute atomic E-state index is 12.4. The molecule has 2 aliphatic rings. The quantitative estimate of drug-likeness (QED) is 0.783. The van der Waals surface area contributed by atoms with Crippen LogP contribution in [0.25, 0.3) is 0 Å². The number of nitrogens with zero attached hydrogens (tertiary/aromatic N) is 1. The lowest BCUT2D eigenvalue weighted by atomic mass is 9.93. The molecular weight excluding hydrogens is 314 g/mol. The zero-order chi connectivity index (χ0) is 18.0. The molecule has 0 saturated heterocycles. The molecule has 0 unspecified atom stereocenters. The Morgan fingerprint density at radius 2 is 1.96 bits per heavy atom. The van der Waals surface area contributed by atoms with Crippen LogP contribution < -0.4 is 10.6 Å². The van der Waals surface area contributed by atoms with Crippen LogP contribution in [-0.4, -0.2) is 34.2 Å². The third-order valence-electron chi connectivity index (χ3n) is 5.84. The van der Waals surface area contributed by atoms with Gasteiger partial charge in [-0.2, -0.15) is 0 Å². The molecule has 3 rings (SSSR count). The summed E-state index contributed by atoms with van der Waals surface area (Å²) < 4.78 is 0. The maximum atomic E-state index is 12.4. The van der Waals surface area contributed by atoms with E-state index in [1.165, 1.54) is 11.1 Å². The molecule has 5 nitrogen and oxygen atoms in total. The van der Waals surface area contributed by atoms with E-state index in [9.17, 15) is 9.90 Å². The van der Waals surface area contributed by atoms with Crippen molar-refractivity contribution in [3.05, 3.63) is 29.3 Å². The van der Waals surface area contributed by atoms with E-state index >= 15 is 0 Å². The molecule has 1 aliphatic carbocycles. The molecule has 1 aromatic carbocycles. The van der Waals surface area contributed by atoms with Crippen LogP contribution in [0.1, 0.15) is 57.6 Å². The Hall–Kier alpha value is -1.59. The van der Waals surface area contributed by atoms with Crippen molar-refractivity contribution < 1.29 is 9.90 Å². The summed E-state index contributed by atoms with van der Waals surface area (Å²) in [6.45, 7) is 8.57. The van der Waals surface area contributed by atoms with Crippen LogP contribution in [0, 0.1) is 5.92 Å². The van der Waals surface area contributed by atoms with Gasteiger partial charge in [0.25, 0.3) is 0 Å². The van der Waals surface area contributed by atoms with Gasteiger partial charge in [-0.15, -0.1) is 0 Å². The number of hydrogen-bond donors (Lipinski definition) is 3. The van der Waals surface area contributed by atoms with E-state index in [0.717, 1.165) is 44.5 Å². The normalized spacial score (nSPS) is 24.8. The molecule has 1 saturated carbocycles. The minimum absolute atomic E-state index is 0.136. The topological polar surface area (TPSA) is 64.6 Å². The number of anilines is 1. The molecule has 5 heteroatoms. The van der Waals surface area contributed by atoms with Crippen LogP contribution in [0.3, 0.4) is 0 Å². The zero-order valence-electron chi connectivity index (χ0n) is 15.6. The Bertz CT molecular complexity index is 617. The average molecular weight is 345 g/mol. The van der Waals surface area contributed by atoms with Crippen molar-refractivity contribution in [2.24, 2.45) is 5.92 Å². The molecule has 138 valence electrons. The summed E-state index contributed by atoms with van der Waals surface area (Å²) in [5, 5.41) is 16.0. The van der Waals surface area contributed by atoms with Gasteiger partial charge in [0.15, 0.2) is 0 Å². The Morgan fingerprint density at radius 1 is 1.20 bits per heavy atom. The third kappa shape index (κ3) is 4.15. The summed E-state index contributed by atoms with van der Waals surface area (Å²) >= 11 is 0. The number of fused-ring (bicyclic) bond motifs is 1. The Kier molecular flexibility index (Phi) is 5.64. The number of carbonyl (C=O) groups is 1.